The van der Waals surface area contributed by atoms with E-state index >= 15 is 0 Å². The van der Waals surface area contributed by atoms with Gasteiger partial charge in [-0.15, -0.1) is 0 Å². The third kappa shape index (κ3) is 5.22. The molecule has 68 valence electrons. The molecule has 0 saturated heterocycles. The SMILES string of the molecule is CC[C@@H](C)[C@H](C)NC[C@@H](C)O. The summed E-state index contributed by atoms with van der Waals surface area (Å²) in [4.78, 5) is 0. The van der Waals surface area contributed by atoms with Crippen molar-refractivity contribution in [3.8, 4) is 0 Å². The van der Waals surface area contributed by atoms with Crippen molar-refractivity contribution in [3.63, 3.8) is 0 Å². The Labute approximate surface area is 70.0 Å². The van der Waals surface area contributed by atoms with Gasteiger partial charge < -0.3 is 10.4 Å². The van der Waals surface area contributed by atoms with Gasteiger partial charge in [-0.2, -0.15) is 0 Å². The molecular formula is C9H21NO. The van der Waals surface area contributed by atoms with Crippen LogP contribution in [0.1, 0.15) is 34.1 Å². The van der Waals surface area contributed by atoms with Crippen LogP contribution >= 0.6 is 0 Å². The van der Waals surface area contributed by atoms with Gasteiger partial charge >= 0.3 is 0 Å². The molecule has 0 aliphatic carbocycles. The van der Waals surface area contributed by atoms with Crippen LogP contribution in [-0.4, -0.2) is 23.8 Å². The summed E-state index contributed by atoms with van der Waals surface area (Å²) < 4.78 is 0. The fraction of sp³-hybridized carbons (Fsp3) is 1.00. The van der Waals surface area contributed by atoms with Crippen LogP contribution in [0.25, 0.3) is 0 Å². The standard InChI is InChI=1S/C9H21NO/c1-5-7(2)9(4)10-6-8(3)11/h7-11H,5-6H2,1-4H3/t7-,8-,9+/m1/s1. The first-order chi connectivity index (χ1) is 5.07. The van der Waals surface area contributed by atoms with Crippen molar-refractivity contribution < 1.29 is 5.11 Å². The van der Waals surface area contributed by atoms with E-state index in [-0.39, 0.29) is 6.10 Å². The van der Waals surface area contributed by atoms with Crippen molar-refractivity contribution in [2.24, 2.45) is 5.92 Å². The molecular weight excluding hydrogens is 138 g/mol. The molecule has 0 aromatic rings. The number of aliphatic hydroxyl groups is 1. The van der Waals surface area contributed by atoms with Crippen LogP contribution in [0.5, 0.6) is 0 Å². The smallest absolute Gasteiger partial charge is 0.0636 e. The van der Waals surface area contributed by atoms with Crippen molar-refractivity contribution in [1.29, 1.82) is 0 Å². The first-order valence-electron chi connectivity index (χ1n) is 4.49. The Morgan fingerprint density at radius 1 is 1.27 bits per heavy atom. The number of hydrogen-bond acceptors (Lipinski definition) is 2. The summed E-state index contributed by atoms with van der Waals surface area (Å²) in [7, 11) is 0. The predicted octanol–water partition coefficient (Wildman–Crippen LogP) is 1.39. The maximum atomic E-state index is 8.99. The molecule has 2 heteroatoms. The van der Waals surface area contributed by atoms with Crippen molar-refractivity contribution >= 4 is 0 Å². The molecule has 0 aliphatic rings. The molecule has 0 amide bonds. The van der Waals surface area contributed by atoms with Gasteiger partial charge in [-0.1, -0.05) is 20.3 Å². The van der Waals surface area contributed by atoms with Gasteiger partial charge in [0, 0.05) is 12.6 Å². The summed E-state index contributed by atoms with van der Waals surface area (Å²) in [6.07, 6.45) is 0.954. The minimum absolute atomic E-state index is 0.235. The molecule has 0 spiro atoms. The van der Waals surface area contributed by atoms with Crippen LogP contribution in [0.15, 0.2) is 0 Å². The van der Waals surface area contributed by atoms with Crippen molar-refractivity contribution in [2.75, 3.05) is 6.54 Å². The lowest BCUT2D eigenvalue weighted by molar-refractivity contribution is 0.182. The zero-order chi connectivity index (χ0) is 8.85. The van der Waals surface area contributed by atoms with Crippen LogP contribution in [-0.2, 0) is 0 Å². The van der Waals surface area contributed by atoms with Crippen molar-refractivity contribution in [3.05, 3.63) is 0 Å². The minimum Gasteiger partial charge on any atom is -0.392 e. The van der Waals surface area contributed by atoms with Gasteiger partial charge in [-0.05, 0) is 19.8 Å². The van der Waals surface area contributed by atoms with E-state index in [1.165, 1.54) is 6.42 Å². The molecule has 0 radical (unpaired) electrons. The summed E-state index contributed by atoms with van der Waals surface area (Å²) in [6, 6.07) is 0.509. The van der Waals surface area contributed by atoms with Crippen LogP contribution in [0.4, 0.5) is 0 Å². The van der Waals surface area contributed by atoms with E-state index in [9.17, 15) is 0 Å². The van der Waals surface area contributed by atoms with Gasteiger partial charge in [0.25, 0.3) is 0 Å². The van der Waals surface area contributed by atoms with Crippen molar-refractivity contribution in [2.45, 2.75) is 46.3 Å². The maximum Gasteiger partial charge on any atom is 0.0636 e. The Balaban J connectivity index is 3.43. The zero-order valence-electron chi connectivity index (χ0n) is 8.09. The average Bonchev–Trinajstić information content (AvgIpc) is 1.98. The van der Waals surface area contributed by atoms with Gasteiger partial charge in [0.05, 0.1) is 6.10 Å². The normalized spacial score (nSPS) is 19.4. The highest BCUT2D eigenvalue weighted by Gasteiger charge is 2.09. The second-order valence-corrected chi connectivity index (χ2v) is 3.43. The van der Waals surface area contributed by atoms with Crippen LogP contribution in [0, 0.1) is 5.92 Å². The molecule has 0 fully saturated rings. The van der Waals surface area contributed by atoms with Crippen molar-refractivity contribution in [1.82, 2.24) is 5.32 Å². The Morgan fingerprint density at radius 2 is 1.82 bits per heavy atom. The molecule has 2 N–H and O–H groups in total. The van der Waals surface area contributed by atoms with E-state index in [2.05, 4.69) is 26.1 Å². The quantitative estimate of drug-likeness (QED) is 0.635. The van der Waals surface area contributed by atoms with Gasteiger partial charge in [0.15, 0.2) is 0 Å². The molecule has 0 aromatic carbocycles. The third-order valence-electron chi connectivity index (χ3n) is 2.23. The second kappa shape index (κ2) is 5.56. The predicted molar refractivity (Wildman–Crippen MR) is 48.6 cm³/mol. The van der Waals surface area contributed by atoms with E-state index < -0.39 is 0 Å². The zero-order valence-corrected chi connectivity index (χ0v) is 8.09. The molecule has 0 heterocycles. The number of rotatable bonds is 5. The second-order valence-electron chi connectivity index (χ2n) is 3.43. The molecule has 0 bridgehead atoms. The molecule has 0 saturated carbocycles. The number of aliphatic hydroxyl groups excluding tert-OH is 1. The Kier molecular flexibility index (Phi) is 5.51. The highest BCUT2D eigenvalue weighted by molar-refractivity contribution is 4.67. The highest BCUT2D eigenvalue weighted by Crippen LogP contribution is 2.05. The first kappa shape index (κ1) is 10.9. The minimum atomic E-state index is -0.235. The summed E-state index contributed by atoms with van der Waals surface area (Å²) in [5, 5.41) is 12.3. The third-order valence-corrected chi connectivity index (χ3v) is 2.23. The molecule has 0 rings (SSSR count). The molecule has 11 heavy (non-hydrogen) atoms. The molecule has 0 unspecified atom stereocenters. The lowest BCUT2D eigenvalue weighted by atomic mass is 10.0. The lowest BCUT2D eigenvalue weighted by Gasteiger charge is -2.20. The fourth-order valence-corrected chi connectivity index (χ4v) is 0.911. The van der Waals surface area contributed by atoms with Gasteiger partial charge in [-0.3, -0.25) is 0 Å². The average molecular weight is 159 g/mol. The molecule has 0 aromatic heterocycles. The fourth-order valence-electron chi connectivity index (χ4n) is 0.911. The number of nitrogens with one attached hydrogen (secondary N) is 1. The summed E-state index contributed by atoms with van der Waals surface area (Å²) in [6.45, 7) is 9.07. The van der Waals surface area contributed by atoms with E-state index in [0.717, 1.165) is 0 Å². The lowest BCUT2D eigenvalue weighted by Crippen LogP contribution is -2.36. The highest BCUT2D eigenvalue weighted by atomic mass is 16.3. The summed E-state index contributed by atoms with van der Waals surface area (Å²) in [5.74, 6) is 0.689. The van der Waals surface area contributed by atoms with E-state index in [0.29, 0.717) is 18.5 Å². The van der Waals surface area contributed by atoms with Crippen LogP contribution < -0.4 is 5.32 Å². The van der Waals surface area contributed by atoms with Crippen LogP contribution in [0.3, 0.4) is 0 Å². The van der Waals surface area contributed by atoms with Gasteiger partial charge in [0.2, 0.25) is 0 Å². The maximum absolute atomic E-state index is 8.99. The van der Waals surface area contributed by atoms with E-state index in [4.69, 9.17) is 5.11 Å². The summed E-state index contributed by atoms with van der Waals surface area (Å²) in [5.41, 5.74) is 0. The number of hydrogen-bond donors (Lipinski definition) is 2. The molecule has 2 nitrogen and oxygen atoms in total. The Bertz CT molecular complexity index is 93.6. The van der Waals surface area contributed by atoms with E-state index in [1.807, 2.05) is 0 Å². The molecule has 3 atom stereocenters. The van der Waals surface area contributed by atoms with Gasteiger partial charge in [-0.25, -0.2) is 0 Å². The Hall–Kier alpha value is -0.0800. The van der Waals surface area contributed by atoms with Gasteiger partial charge in [0.1, 0.15) is 0 Å². The van der Waals surface area contributed by atoms with E-state index in [1.54, 1.807) is 6.92 Å². The van der Waals surface area contributed by atoms with Crippen LogP contribution in [0.2, 0.25) is 0 Å². The monoisotopic (exact) mass is 159 g/mol. The summed E-state index contributed by atoms with van der Waals surface area (Å²) >= 11 is 0. The topological polar surface area (TPSA) is 32.3 Å². The first-order valence-corrected chi connectivity index (χ1v) is 4.49. The Morgan fingerprint density at radius 3 is 2.18 bits per heavy atom. The largest absolute Gasteiger partial charge is 0.392 e. The molecule has 0 aliphatic heterocycles.